The number of fused-ring (bicyclic) bond motifs is 1. The van der Waals surface area contributed by atoms with E-state index in [-0.39, 0.29) is 36.4 Å². The maximum absolute atomic E-state index is 12.0. The van der Waals surface area contributed by atoms with E-state index in [2.05, 4.69) is 32.7 Å². The third kappa shape index (κ3) is 4.25. The molecule has 0 radical (unpaired) electrons. The average molecular weight is 436 g/mol. The van der Waals surface area contributed by atoms with E-state index < -0.39 is 0 Å². The molecule has 0 saturated heterocycles. The summed E-state index contributed by atoms with van der Waals surface area (Å²) in [4.78, 5) is 18.5. The predicted molar refractivity (Wildman–Crippen MR) is 109 cm³/mol. The molecular weight excluding hydrogens is 415 g/mol. The number of aliphatic imine (C=N–C) groups is 1. The van der Waals surface area contributed by atoms with Gasteiger partial charge in [-0.1, -0.05) is 36.4 Å². The molecule has 24 heavy (non-hydrogen) atoms. The molecule has 2 aromatic carbocycles. The van der Waals surface area contributed by atoms with Gasteiger partial charge in [-0.2, -0.15) is 0 Å². The van der Waals surface area contributed by atoms with Gasteiger partial charge in [-0.15, -0.1) is 24.0 Å². The number of nitrogens with one attached hydrogen (secondary N) is 2. The van der Waals surface area contributed by atoms with Crippen LogP contribution in [0.2, 0.25) is 0 Å². The Morgan fingerprint density at radius 2 is 1.83 bits per heavy atom. The summed E-state index contributed by atoms with van der Waals surface area (Å²) in [7, 11) is 1.73. The summed E-state index contributed by atoms with van der Waals surface area (Å²) in [5, 5.41) is 5.99. The molecule has 2 N–H and O–H groups in total. The predicted octanol–water partition coefficient (Wildman–Crippen LogP) is 2.88. The standard InChI is InChI=1S/C18H20N4O.HI/c1-19-18(22-12-11-14-7-5-6-10-16(14)22)20-13-17(23)21-15-8-3-2-4-9-15;/h2-10H,11-13H2,1H3,(H,19,20)(H,21,23);1H. The average Bonchev–Trinajstić information content (AvgIpc) is 3.01. The van der Waals surface area contributed by atoms with Crippen molar-refractivity contribution in [2.45, 2.75) is 6.42 Å². The van der Waals surface area contributed by atoms with Crippen LogP contribution in [-0.2, 0) is 11.2 Å². The van der Waals surface area contributed by atoms with Gasteiger partial charge in [0.05, 0.1) is 6.54 Å². The van der Waals surface area contributed by atoms with Gasteiger partial charge in [0.15, 0.2) is 5.96 Å². The van der Waals surface area contributed by atoms with Gasteiger partial charge in [-0.3, -0.25) is 9.79 Å². The highest BCUT2D eigenvalue weighted by atomic mass is 127. The van der Waals surface area contributed by atoms with E-state index >= 15 is 0 Å². The molecule has 5 nitrogen and oxygen atoms in total. The molecular formula is C18H21IN4O. The Balaban J connectivity index is 0.00000208. The van der Waals surface area contributed by atoms with E-state index in [0.29, 0.717) is 0 Å². The molecule has 0 spiro atoms. The number of hydrogen-bond donors (Lipinski definition) is 2. The zero-order chi connectivity index (χ0) is 16.1. The zero-order valence-corrected chi connectivity index (χ0v) is 15.9. The van der Waals surface area contributed by atoms with Crippen molar-refractivity contribution in [2.75, 3.05) is 30.4 Å². The van der Waals surface area contributed by atoms with Crippen molar-refractivity contribution >= 4 is 47.2 Å². The van der Waals surface area contributed by atoms with Gasteiger partial charge < -0.3 is 15.5 Å². The van der Waals surface area contributed by atoms with Crippen LogP contribution in [0.1, 0.15) is 5.56 Å². The summed E-state index contributed by atoms with van der Waals surface area (Å²) < 4.78 is 0. The van der Waals surface area contributed by atoms with E-state index in [4.69, 9.17) is 0 Å². The van der Waals surface area contributed by atoms with Crippen LogP contribution in [0.15, 0.2) is 59.6 Å². The molecule has 1 aliphatic rings. The highest BCUT2D eigenvalue weighted by Crippen LogP contribution is 2.27. The van der Waals surface area contributed by atoms with Gasteiger partial charge in [0.25, 0.3) is 0 Å². The zero-order valence-electron chi connectivity index (χ0n) is 13.5. The molecule has 1 amide bonds. The van der Waals surface area contributed by atoms with Gasteiger partial charge >= 0.3 is 0 Å². The van der Waals surface area contributed by atoms with E-state index in [1.807, 2.05) is 42.5 Å². The highest BCUT2D eigenvalue weighted by Gasteiger charge is 2.22. The molecule has 0 saturated carbocycles. The lowest BCUT2D eigenvalue weighted by Crippen LogP contribution is -2.43. The molecule has 0 aliphatic carbocycles. The third-order valence-corrected chi connectivity index (χ3v) is 3.82. The summed E-state index contributed by atoms with van der Waals surface area (Å²) in [5.41, 5.74) is 3.26. The third-order valence-electron chi connectivity index (χ3n) is 3.82. The van der Waals surface area contributed by atoms with Crippen LogP contribution in [0.4, 0.5) is 11.4 Å². The minimum atomic E-state index is -0.0927. The number of halogens is 1. The van der Waals surface area contributed by atoms with Crippen molar-refractivity contribution in [1.82, 2.24) is 5.32 Å². The quantitative estimate of drug-likeness (QED) is 0.442. The summed E-state index contributed by atoms with van der Waals surface area (Å²) in [5.74, 6) is 0.628. The first-order valence-corrected chi connectivity index (χ1v) is 7.69. The van der Waals surface area contributed by atoms with Crippen LogP contribution in [-0.4, -0.2) is 32.0 Å². The van der Waals surface area contributed by atoms with Crippen LogP contribution >= 0.6 is 24.0 Å². The van der Waals surface area contributed by atoms with Gasteiger partial charge in [-0.05, 0) is 30.2 Å². The Morgan fingerprint density at radius 1 is 1.12 bits per heavy atom. The number of para-hydroxylation sites is 2. The molecule has 3 rings (SSSR count). The van der Waals surface area contributed by atoms with Gasteiger partial charge in [0, 0.05) is 25.0 Å². The highest BCUT2D eigenvalue weighted by molar-refractivity contribution is 14.0. The molecule has 0 atom stereocenters. The molecule has 0 unspecified atom stereocenters. The molecule has 0 aromatic heterocycles. The lowest BCUT2D eigenvalue weighted by molar-refractivity contribution is -0.115. The molecule has 0 bridgehead atoms. The minimum absolute atomic E-state index is 0. The number of carbonyl (C=O) groups excluding carboxylic acids is 1. The van der Waals surface area contributed by atoms with E-state index in [0.717, 1.165) is 30.3 Å². The van der Waals surface area contributed by atoms with E-state index in [1.165, 1.54) is 5.56 Å². The molecule has 0 fully saturated rings. The van der Waals surface area contributed by atoms with Crippen molar-refractivity contribution in [2.24, 2.45) is 4.99 Å². The number of anilines is 2. The van der Waals surface area contributed by atoms with Gasteiger partial charge in [-0.25, -0.2) is 0 Å². The first kappa shape index (κ1) is 18.3. The second kappa shape index (κ2) is 8.68. The number of hydrogen-bond acceptors (Lipinski definition) is 2. The lowest BCUT2D eigenvalue weighted by atomic mass is 10.2. The summed E-state index contributed by atoms with van der Waals surface area (Å²) in [6.45, 7) is 1.06. The van der Waals surface area contributed by atoms with Crippen LogP contribution in [0.3, 0.4) is 0 Å². The fourth-order valence-corrected chi connectivity index (χ4v) is 2.74. The lowest BCUT2D eigenvalue weighted by Gasteiger charge is -2.22. The second-order valence-electron chi connectivity index (χ2n) is 5.35. The van der Waals surface area contributed by atoms with Crippen LogP contribution < -0.4 is 15.5 Å². The monoisotopic (exact) mass is 436 g/mol. The summed E-state index contributed by atoms with van der Waals surface area (Å²) >= 11 is 0. The number of amides is 1. The van der Waals surface area contributed by atoms with E-state index in [9.17, 15) is 4.79 Å². The summed E-state index contributed by atoms with van der Waals surface area (Å²) in [6, 6.07) is 17.7. The largest absolute Gasteiger partial charge is 0.347 e. The number of nitrogens with zero attached hydrogens (tertiary/aromatic N) is 2. The van der Waals surface area contributed by atoms with Crippen LogP contribution in [0.5, 0.6) is 0 Å². The molecule has 2 aromatic rings. The topological polar surface area (TPSA) is 56.7 Å². The molecule has 6 heteroatoms. The molecule has 126 valence electrons. The fourth-order valence-electron chi connectivity index (χ4n) is 2.74. The fraction of sp³-hybridized carbons (Fsp3) is 0.222. The van der Waals surface area contributed by atoms with Crippen LogP contribution in [0, 0.1) is 0 Å². The van der Waals surface area contributed by atoms with Crippen molar-refractivity contribution in [3.05, 3.63) is 60.2 Å². The molecule has 1 heterocycles. The SMILES string of the molecule is CN=C(NCC(=O)Nc1ccccc1)N1CCc2ccccc21.I. The normalized spacial score (nSPS) is 13.0. The summed E-state index contributed by atoms with van der Waals surface area (Å²) in [6.07, 6.45) is 0.993. The Bertz CT molecular complexity index is 718. The van der Waals surface area contributed by atoms with Gasteiger partial charge in [0.1, 0.15) is 0 Å². The second-order valence-corrected chi connectivity index (χ2v) is 5.35. The number of guanidine groups is 1. The number of benzene rings is 2. The van der Waals surface area contributed by atoms with Crippen LogP contribution in [0.25, 0.3) is 0 Å². The van der Waals surface area contributed by atoms with E-state index in [1.54, 1.807) is 7.05 Å². The Labute approximate surface area is 159 Å². The Hall–Kier alpha value is -2.09. The van der Waals surface area contributed by atoms with Crippen molar-refractivity contribution in [1.29, 1.82) is 0 Å². The van der Waals surface area contributed by atoms with Crippen molar-refractivity contribution in [3.63, 3.8) is 0 Å². The maximum Gasteiger partial charge on any atom is 0.243 e. The van der Waals surface area contributed by atoms with Crippen molar-refractivity contribution < 1.29 is 4.79 Å². The minimum Gasteiger partial charge on any atom is -0.347 e. The number of carbonyl (C=O) groups is 1. The Kier molecular flexibility index (Phi) is 6.60. The number of rotatable bonds is 3. The Morgan fingerprint density at radius 3 is 2.58 bits per heavy atom. The first-order valence-electron chi connectivity index (χ1n) is 7.69. The maximum atomic E-state index is 12.0. The van der Waals surface area contributed by atoms with Gasteiger partial charge in [0.2, 0.25) is 5.91 Å². The first-order chi connectivity index (χ1) is 11.3. The van der Waals surface area contributed by atoms with Crippen molar-refractivity contribution in [3.8, 4) is 0 Å². The molecule has 1 aliphatic heterocycles. The smallest absolute Gasteiger partial charge is 0.243 e.